The van der Waals surface area contributed by atoms with E-state index in [9.17, 15) is 0 Å². The van der Waals surface area contributed by atoms with E-state index in [4.69, 9.17) is 0 Å². The molecule has 0 heteroatoms. The Morgan fingerprint density at radius 3 is 2.29 bits per heavy atom. The van der Waals surface area contributed by atoms with Crippen LogP contribution in [0.25, 0.3) is 0 Å². The van der Waals surface area contributed by atoms with Crippen molar-refractivity contribution >= 4 is 0 Å². The quantitative estimate of drug-likeness (QED) is 0.435. The Labute approximate surface area is 45.9 Å². The largest absolute Gasteiger partial charge is 0.0625 e. The molecule has 1 fully saturated rings. The van der Waals surface area contributed by atoms with E-state index < -0.39 is 0 Å². The zero-order chi connectivity index (χ0) is 5.28. The molecule has 0 spiro atoms. The summed E-state index contributed by atoms with van der Waals surface area (Å²) in [5, 5.41) is 0. The summed E-state index contributed by atoms with van der Waals surface area (Å²) < 4.78 is 0. The first-order valence-electron chi connectivity index (χ1n) is 3.12. The van der Waals surface area contributed by atoms with Gasteiger partial charge in [-0.05, 0) is 31.1 Å². The third-order valence-electron chi connectivity index (χ3n) is 1.71. The van der Waals surface area contributed by atoms with E-state index in [2.05, 4.69) is 20.3 Å². The first kappa shape index (κ1) is 5.14. The van der Waals surface area contributed by atoms with Crippen molar-refractivity contribution in [2.75, 3.05) is 0 Å². The maximum absolute atomic E-state index is 2.42. The Kier molecular flexibility index (Phi) is 1.36. The molecule has 1 aliphatic rings. The van der Waals surface area contributed by atoms with Crippen molar-refractivity contribution in [1.29, 1.82) is 0 Å². The summed E-state index contributed by atoms with van der Waals surface area (Å²) in [4.78, 5) is 0. The van der Waals surface area contributed by atoms with Gasteiger partial charge in [0.25, 0.3) is 0 Å². The summed E-state index contributed by atoms with van der Waals surface area (Å²) in [7, 11) is 0. The molecular formula is C7H13. The normalized spacial score (nSPS) is 42.0. The minimum Gasteiger partial charge on any atom is -0.0625 e. The smallest absolute Gasteiger partial charge is 0.0355 e. The van der Waals surface area contributed by atoms with Gasteiger partial charge < -0.3 is 0 Å². The zero-order valence-electron chi connectivity index (χ0n) is 5.15. The van der Waals surface area contributed by atoms with E-state index in [0.29, 0.717) is 0 Å². The second kappa shape index (κ2) is 1.85. The lowest BCUT2D eigenvalue weighted by Crippen LogP contribution is -1.84. The maximum atomic E-state index is 2.42. The van der Waals surface area contributed by atoms with Crippen LogP contribution in [0.15, 0.2) is 0 Å². The first-order chi connectivity index (χ1) is 3.29. The number of rotatable bonds is 0. The third kappa shape index (κ3) is 1.19. The highest BCUT2D eigenvalue weighted by atomic mass is 14.2. The summed E-state index contributed by atoms with van der Waals surface area (Å²) in [5.74, 6) is 1.87. The van der Waals surface area contributed by atoms with Crippen LogP contribution in [0.3, 0.4) is 0 Å². The molecule has 0 aromatic rings. The minimum absolute atomic E-state index is 0.898. The average Bonchev–Trinajstić information content (AvgIpc) is 1.87. The van der Waals surface area contributed by atoms with Crippen LogP contribution >= 0.6 is 0 Å². The van der Waals surface area contributed by atoms with Gasteiger partial charge >= 0.3 is 0 Å². The van der Waals surface area contributed by atoms with Crippen LogP contribution in [0.1, 0.15) is 26.7 Å². The molecule has 0 aliphatic heterocycles. The summed E-state index contributed by atoms with van der Waals surface area (Å²) in [6, 6.07) is 0. The fraction of sp³-hybridized carbons (Fsp3) is 0.857. The Balaban J connectivity index is 2.26. The van der Waals surface area contributed by atoms with Crippen LogP contribution in [-0.2, 0) is 0 Å². The van der Waals surface area contributed by atoms with Crippen molar-refractivity contribution < 1.29 is 0 Å². The lowest BCUT2D eigenvalue weighted by atomic mass is 10.1. The van der Waals surface area contributed by atoms with Crippen molar-refractivity contribution in [2.24, 2.45) is 11.8 Å². The van der Waals surface area contributed by atoms with Crippen LogP contribution in [0.4, 0.5) is 0 Å². The Bertz CT molecular complexity index is 49.1. The molecule has 1 aliphatic carbocycles. The molecule has 0 N–H and O–H groups in total. The number of hydrogen-bond acceptors (Lipinski definition) is 0. The molecule has 2 atom stereocenters. The molecule has 0 bridgehead atoms. The summed E-state index contributed by atoms with van der Waals surface area (Å²) >= 11 is 0. The average molecular weight is 97.2 g/mol. The molecule has 0 amide bonds. The Morgan fingerprint density at radius 2 is 2.14 bits per heavy atom. The van der Waals surface area contributed by atoms with E-state index in [1.807, 2.05) is 0 Å². The van der Waals surface area contributed by atoms with Crippen molar-refractivity contribution in [1.82, 2.24) is 0 Å². The lowest BCUT2D eigenvalue weighted by molar-refractivity contribution is 0.563. The summed E-state index contributed by atoms with van der Waals surface area (Å²) in [5.41, 5.74) is 0. The Morgan fingerprint density at radius 1 is 1.43 bits per heavy atom. The minimum atomic E-state index is 0.898. The van der Waals surface area contributed by atoms with Crippen LogP contribution in [0, 0.1) is 18.3 Å². The fourth-order valence-corrected chi connectivity index (χ4v) is 1.29. The van der Waals surface area contributed by atoms with Crippen LogP contribution < -0.4 is 0 Å². The molecular weight excluding hydrogens is 84.1 g/mol. The second-order valence-electron chi connectivity index (χ2n) is 2.79. The molecule has 0 aromatic carbocycles. The molecule has 0 aromatic heterocycles. The van der Waals surface area contributed by atoms with Gasteiger partial charge in [0.15, 0.2) is 0 Å². The van der Waals surface area contributed by atoms with Gasteiger partial charge in [-0.15, -0.1) is 0 Å². The highest BCUT2D eigenvalue weighted by Gasteiger charge is 2.16. The van der Waals surface area contributed by atoms with Gasteiger partial charge in [0, 0.05) is 0 Å². The van der Waals surface area contributed by atoms with E-state index in [1.165, 1.54) is 12.8 Å². The molecule has 7 heavy (non-hydrogen) atoms. The van der Waals surface area contributed by atoms with Crippen molar-refractivity contribution in [2.45, 2.75) is 26.7 Å². The predicted octanol–water partition coefficient (Wildman–Crippen LogP) is 2.26. The molecule has 1 radical (unpaired) electrons. The van der Waals surface area contributed by atoms with Crippen LogP contribution in [0.5, 0.6) is 0 Å². The lowest BCUT2D eigenvalue weighted by Gasteiger charge is -1.96. The van der Waals surface area contributed by atoms with E-state index in [1.54, 1.807) is 0 Å². The Hall–Kier alpha value is 0. The molecule has 0 heterocycles. The van der Waals surface area contributed by atoms with Crippen molar-refractivity contribution in [3.63, 3.8) is 0 Å². The molecule has 0 saturated heterocycles. The van der Waals surface area contributed by atoms with Crippen molar-refractivity contribution in [3.05, 3.63) is 6.42 Å². The van der Waals surface area contributed by atoms with Crippen molar-refractivity contribution in [3.8, 4) is 0 Å². The second-order valence-corrected chi connectivity index (χ2v) is 2.79. The van der Waals surface area contributed by atoms with Gasteiger partial charge in [-0.3, -0.25) is 0 Å². The van der Waals surface area contributed by atoms with Gasteiger partial charge in [0.1, 0.15) is 0 Å². The standard InChI is InChI=1S/C7H13/c1-6-3-4-7(2)5-6/h3,6-7H,4-5H2,1-2H3. The first-order valence-corrected chi connectivity index (χ1v) is 3.12. The SMILES string of the molecule is CC1[CH]CC(C)C1. The monoisotopic (exact) mass is 97.1 g/mol. The van der Waals surface area contributed by atoms with Crippen LogP contribution in [0.2, 0.25) is 0 Å². The zero-order valence-corrected chi connectivity index (χ0v) is 5.15. The molecule has 41 valence electrons. The highest BCUT2D eigenvalue weighted by Crippen LogP contribution is 2.28. The molecule has 2 unspecified atom stereocenters. The summed E-state index contributed by atoms with van der Waals surface area (Å²) in [6.45, 7) is 4.61. The van der Waals surface area contributed by atoms with Gasteiger partial charge in [0.05, 0.1) is 0 Å². The fourth-order valence-electron chi connectivity index (χ4n) is 1.29. The molecule has 0 nitrogen and oxygen atoms in total. The van der Waals surface area contributed by atoms with Crippen LogP contribution in [-0.4, -0.2) is 0 Å². The van der Waals surface area contributed by atoms with E-state index >= 15 is 0 Å². The highest BCUT2D eigenvalue weighted by molar-refractivity contribution is 4.83. The molecule has 1 saturated carbocycles. The maximum Gasteiger partial charge on any atom is -0.0355 e. The van der Waals surface area contributed by atoms with E-state index in [-0.39, 0.29) is 0 Å². The summed E-state index contributed by atoms with van der Waals surface area (Å²) in [6.07, 6.45) is 5.19. The van der Waals surface area contributed by atoms with E-state index in [0.717, 1.165) is 11.8 Å². The van der Waals surface area contributed by atoms with Gasteiger partial charge in [-0.1, -0.05) is 13.8 Å². The van der Waals surface area contributed by atoms with Gasteiger partial charge in [0.2, 0.25) is 0 Å². The topological polar surface area (TPSA) is 0 Å². The van der Waals surface area contributed by atoms with Gasteiger partial charge in [-0.25, -0.2) is 0 Å². The molecule has 1 rings (SSSR count). The predicted molar refractivity (Wildman–Crippen MR) is 31.9 cm³/mol. The number of hydrogen-bond donors (Lipinski definition) is 0. The third-order valence-corrected chi connectivity index (χ3v) is 1.71. The van der Waals surface area contributed by atoms with Gasteiger partial charge in [-0.2, -0.15) is 0 Å².